The number of hydrogen-bond donors (Lipinski definition) is 1. The molecule has 116 valence electrons. The molecule has 0 saturated carbocycles. The summed E-state index contributed by atoms with van der Waals surface area (Å²) in [6.45, 7) is 6.18. The van der Waals surface area contributed by atoms with Crippen molar-refractivity contribution in [1.29, 1.82) is 0 Å². The number of carbonyl (C=O) groups is 1. The summed E-state index contributed by atoms with van der Waals surface area (Å²) in [4.78, 5) is 15.7. The van der Waals surface area contributed by atoms with Crippen LogP contribution in [0.25, 0.3) is 0 Å². The molecule has 1 fully saturated rings. The second kappa shape index (κ2) is 7.43. The maximum atomic E-state index is 11.4. The number of primary amides is 1. The molecule has 0 radical (unpaired) electrons. The maximum absolute atomic E-state index is 11.4. The molecular formula is C16H25N3O2. The molecule has 0 spiro atoms. The highest BCUT2D eigenvalue weighted by Gasteiger charge is 2.18. The SMILES string of the molecule is CCC(C(N)=O)N(C)Cc1ccc(N2CCOCC2)cc1. The van der Waals surface area contributed by atoms with Crippen LogP contribution in [-0.4, -0.2) is 50.2 Å². The van der Waals surface area contributed by atoms with Crippen molar-refractivity contribution in [3.05, 3.63) is 29.8 Å². The Morgan fingerprint density at radius 2 is 1.95 bits per heavy atom. The van der Waals surface area contributed by atoms with E-state index >= 15 is 0 Å². The molecule has 0 bridgehead atoms. The van der Waals surface area contributed by atoms with Crippen LogP contribution in [0.1, 0.15) is 18.9 Å². The van der Waals surface area contributed by atoms with Crippen LogP contribution in [0, 0.1) is 0 Å². The average Bonchev–Trinajstić information content (AvgIpc) is 2.49. The number of nitrogens with zero attached hydrogens (tertiary/aromatic N) is 2. The fourth-order valence-corrected chi connectivity index (χ4v) is 2.76. The second-order valence-corrected chi connectivity index (χ2v) is 5.51. The number of rotatable bonds is 6. The third-order valence-corrected chi connectivity index (χ3v) is 3.99. The Morgan fingerprint density at radius 3 is 2.48 bits per heavy atom. The third-order valence-electron chi connectivity index (χ3n) is 3.99. The number of ether oxygens (including phenoxy) is 1. The van der Waals surface area contributed by atoms with Crippen LogP contribution in [0.15, 0.2) is 24.3 Å². The van der Waals surface area contributed by atoms with Crippen molar-refractivity contribution < 1.29 is 9.53 Å². The summed E-state index contributed by atoms with van der Waals surface area (Å²) in [7, 11) is 1.94. The molecule has 5 nitrogen and oxygen atoms in total. The first-order chi connectivity index (χ1) is 10.1. The number of anilines is 1. The topological polar surface area (TPSA) is 58.8 Å². The molecule has 1 unspecified atom stereocenters. The maximum Gasteiger partial charge on any atom is 0.234 e. The summed E-state index contributed by atoms with van der Waals surface area (Å²) in [6, 6.07) is 8.31. The summed E-state index contributed by atoms with van der Waals surface area (Å²) in [5.74, 6) is -0.259. The van der Waals surface area contributed by atoms with Crippen LogP contribution in [0.2, 0.25) is 0 Å². The smallest absolute Gasteiger partial charge is 0.234 e. The quantitative estimate of drug-likeness (QED) is 0.856. The molecule has 0 aromatic heterocycles. The van der Waals surface area contributed by atoms with Gasteiger partial charge in [0.1, 0.15) is 0 Å². The predicted octanol–water partition coefficient (Wildman–Crippen LogP) is 1.22. The highest BCUT2D eigenvalue weighted by Crippen LogP contribution is 2.18. The number of nitrogens with two attached hydrogens (primary N) is 1. The lowest BCUT2D eigenvalue weighted by atomic mass is 10.1. The van der Waals surface area contributed by atoms with Gasteiger partial charge in [0.15, 0.2) is 0 Å². The fourth-order valence-electron chi connectivity index (χ4n) is 2.76. The van der Waals surface area contributed by atoms with Gasteiger partial charge < -0.3 is 15.4 Å². The summed E-state index contributed by atoms with van der Waals surface area (Å²) in [6.07, 6.45) is 0.734. The van der Waals surface area contributed by atoms with E-state index in [4.69, 9.17) is 10.5 Å². The first-order valence-electron chi connectivity index (χ1n) is 7.53. The van der Waals surface area contributed by atoms with Gasteiger partial charge in [0.2, 0.25) is 5.91 Å². The molecule has 1 aromatic rings. The molecule has 1 heterocycles. The summed E-state index contributed by atoms with van der Waals surface area (Å²) in [5, 5.41) is 0. The van der Waals surface area contributed by atoms with E-state index in [1.165, 1.54) is 11.3 Å². The Hall–Kier alpha value is -1.59. The minimum atomic E-state index is -0.259. The van der Waals surface area contributed by atoms with Crippen molar-refractivity contribution in [3.63, 3.8) is 0 Å². The van der Waals surface area contributed by atoms with Gasteiger partial charge >= 0.3 is 0 Å². The van der Waals surface area contributed by atoms with Gasteiger partial charge in [0.05, 0.1) is 19.3 Å². The molecule has 1 aliphatic heterocycles. The standard InChI is InChI=1S/C16H25N3O2/c1-3-15(16(17)20)18(2)12-13-4-6-14(7-5-13)19-8-10-21-11-9-19/h4-7,15H,3,8-12H2,1-2H3,(H2,17,20). The zero-order chi connectivity index (χ0) is 15.2. The fraction of sp³-hybridized carbons (Fsp3) is 0.562. The summed E-state index contributed by atoms with van der Waals surface area (Å²) in [5.41, 5.74) is 7.84. The molecular weight excluding hydrogens is 266 g/mol. The van der Waals surface area contributed by atoms with Crippen molar-refractivity contribution in [1.82, 2.24) is 4.90 Å². The lowest BCUT2D eigenvalue weighted by Crippen LogP contribution is -2.41. The zero-order valence-corrected chi connectivity index (χ0v) is 12.9. The van der Waals surface area contributed by atoms with Crippen molar-refractivity contribution in [2.45, 2.75) is 25.9 Å². The van der Waals surface area contributed by atoms with Crippen molar-refractivity contribution >= 4 is 11.6 Å². The number of benzene rings is 1. The van der Waals surface area contributed by atoms with E-state index in [-0.39, 0.29) is 11.9 Å². The molecule has 1 aromatic carbocycles. The first-order valence-corrected chi connectivity index (χ1v) is 7.53. The van der Waals surface area contributed by atoms with E-state index in [2.05, 4.69) is 29.2 Å². The van der Waals surface area contributed by atoms with Gasteiger partial charge in [-0.15, -0.1) is 0 Å². The van der Waals surface area contributed by atoms with E-state index < -0.39 is 0 Å². The summed E-state index contributed by atoms with van der Waals surface area (Å²) < 4.78 is 5.37. The van der Waals surface area contributed by atoms with Gasteiger partial charge in [-0.3, -0.25) is 9.69 Å². The monoisotopic (exact) mass is 291 g/mol. The molecule has 21 heavy (non-hydrogen) atoms. The summed E-state index contributed by atoms with van der Waals surface area (Å²) >= 11 is 0. The minimum absolute atomic E-state index is 0.205. The number of hydrogen-bond acceptors (Lipinski definition) is 4. The molecule has 1 atom stereocenters. The van der Waals surface area contributed by atoms with Crippen LogP contribution in [-0.2, 0) is 16.1 Å². The van der Waals surface area contributed by atoms with Crippen LogP contribution in [0.4, 0.5) is 5.69 Å². The van der Waals surface area contributed by atoms with Crippen LogP contribution < -0.4 is 10.6 Å². The Morgan fingerprint density at radius 1 is 1.33 bits per heavy atom. The first kappa shape index (κ1) is 15.8. The molecule has 5 heteroatoms. The lowest BCUT2D eigenvalue weighted by Gasteiger charge is -2.29. The molecule has 1 saturated heterocycles. The van der Waals surface area contributed by atoms with E-state index in [9.17, 15) is 4.79 Å². The third kappa shape index (κ3) is 4.19. The number of likely N-dealkylation sites (N-methyl/N-ethyl adjacent to an activating group) is 1. The highest BCUT2D eigenvalue weighted by atomic mass is 16.5. The van der Waals surface area contributed by atoms with Crippen molar-refractivity contribution in [2.24, 2.45) is 5.73 Å². The average molecular weight is 291 g/mol. The second-order valence-electron chi connectivity index (χ2n) is 5.51. The van der Waals surface area contributed by atoms with Crippen LogP contribution in [0.3, 0.4) is 0 Å². The number of morpholine rings is 1. The lowest BCUT2D eigenvalue weighted by molar-refractivity contribution is -0.123. The minimum Gasteiger partial charge on any atom is -0.378 e. The molecule has 2 rings (SSSR count). The molecule has 1 aliphatic rings. The van der Waals surface area contributed by atoms with Gasteiger partial charge in [-0.05, 0) is 31.2 Å². The van der Waals surface area contributed by atoms with Gasteiger partial charge in [-0.2, -0.15) is 0 Å². The zero-order valence-electron chi connectivity index (χ0n) is 12.9. The number of carbonyl (C=O) groups excluding carboxylic acids is 1. The Bertz CT molecular complexity index is 455. The van der Waals surface area contributed by atoms with Gasteiger partial charge in [-0.1, -0.05) is 19.1 Å². The van der Waals surface area contributed by atoms with E-state index in [1.807, 2.05) is 18.9 Å². The van der Waals surface area contributed by atoms with E-state index in [0.29, 0.717) is 0 Å². The van der Waals surface area contributed by atoms with E-state index in [0.717, 1.165) is 39.3 Å². The Balaban J connectivity index is 1.97. The molecule has 2 N–H and O–H groups in total. The van der Waals surface area contributed by atoms with Crippen molar-refractivity contribution in [3.8, 4) is 0 Å². The van der Waals surface area contributed by atoms with E-state index in [1.54, 1.807) is 0 Å². The largest absolute Gasteiger partial charge is 0.378 e. The predicted molar refractivity (Wildman–Crippen MR) is 84.2 cm³/mol. The molecule has 0 aliphatic carbocycles. The van der Waals surface area contributed by atoms with Crippen LogP contribution in [0.5, 0.6) is 0 Å². The normalized spacial score (nSPS) is 17.0. The van der Waals surface area contributed by atoms with Crippen LogP contribution >= 0.6 is 0 Å². The molecule has 1 amide bonds. The Kier molecular flexibility index (Phi) is 5.59. The van der Waals surface area contributed by atoms with Crippen molar-refractivity contribution in [2.75, 3.05) is 38.3 Å². The Labute approximate surface area is 126 Å². The van der Waals surface area contributed by atoms with Gasteiger partial charge in [0.25, 0.3) is 0 Å². The number of amides is 1. The highest BCUT2D eigenvalue weighted by molar-refractivity contribution is 5.79. The van der Waals surface area contributed by atoms with Gasteiger partial charge in [-0.25, -0.2) is 0 Å². The van der Waals surface area contributed by atoms with Gasteiger partial charge in [0, 0.05) is 25.3 Å².